The highest BCUT2D eigenvalue weighted by Gasteiger charge is 2.33. The molecule has 0 spiro atoms. The molecule has 7 nitrogen and oxygen atoms in total. The summed E-state index contributed by atoms with van der Waals surface area (Å²) in [7, 11) is -3.66. The Hall–Kier alpha value is -2.19. The lowest BCUT2D eigenvalue weighted by molar-refractivity contribution is -0.137. The van der Waals surface area contributed by atoms with Crippen LogP contribution in [0, 0.1) is 12.8 Å². The van der Waals surface area contributed by atoms with Gasteiger partial charge in [0.2, 0.25) is 20.9 Å². The normalized spacial score (nSPS) is 21.5. The van der Waals surface area contributed by atoms with Crippen LogP contribution in [0.4, 0.5) is 0 Å². The third kappa shape index (κ3) is 6.28. The molecule has 5 rings (SSSR count). The summed E-state index contributed by atoms with van der Waals surface area (Å²) in [5.74, 6) is 0.184. The average Bonchev–Trinajstić information content (AvgIpc) is 3.66. The first-order chi connectivity index (χ1) is 17.9. The van der Waals surface area contributed by atoms with E-state index < -0.39 is 9.84 Å². The maximum absolute atomic E-state index is 13.7. The van der Waals surface area contributed by atoms with Gasteiger partial charge >= 0.3 is 0 Å². The minimum atomic E-state index is -3.66. The van der Waals surface area contributed by atoms with Crippen molar-refractivity contribution in [2.75, 3.05) is 13.2 Å². The van der Waals surface area contributed by atoms with Gasteiger partial charge in [0.1, 0.15) is 0 Å². The first-order valence-corrected chi connectivity index (χ1v) is 15.8. The lowest BCUT2D eigenvalue weighted by Crippen LogP contribution is -2.40. The Morgan fingerprint density at radius 3 is 2.51 bits per heavy atom. The van der Waals surface area contributed by atoms with Crippen molar-refractivity contribution in [1.82, 2.24) is 14.5 Å². The molecular formula is C29H41N3O4S. The average molecular weight is 528 g/mol. The fraction of sp³-hybridized carbons (Fsp3) is 0.655. The summed E-state index contributed by atoms with van der Waals surface area (Å²) in [6.45, 7) is 3.67. The van der Waals surface area contributed by atoms with E-state index in [9.17, 15) is 13.2 Å². The number of nitrogens with zero attached hydrogens (tertiary/aromatic N) is 3. The van der Waals surface area contributed by atoms with E-state index in [1.54, 1.807) is 6.20 Å². The zero-order chi connectivity index (χ0) is 25.8. The van der Waals surface area contributed by atoms with Crippen LogP contribution in [0.5, 0.6) is 0 Å². The molecular weight excluding hydrogens is 486 g/mol. The minimum absolute atomic E-state index is 0.0564. The van der Waals surface area contributed by atoms with E-state index in [-0.39, 0.29) is 34.9 Å². The second-order valence-corrected chi connectivity index (χ2v) is 13.2. The summed E-state index contributed by atoms with van der Waals surface area (Å²) < 4.78 is 35.3. The molecule has 3 fully saturated rings. The van der Waals surface area contributed by atoms with Crippen LogP contribution in [-0.4, -0.2) is 48.0 Å². The Labute approximate surface area is 221 Å². The number of sulfone groups is 1. The third-order valence-electron chi connectivity index (χ3n) is 8.31. The van der Waals surface area contributed by atoms with Gasteiger partial charge in [-0.1, -0.05) is 61.9 Å². The molecule has 1 aliphatic heterocycles. The van der Waals surface area contributed by atoms with Crippen LogP contribution in [0.25, 0.3) is 0 Å². The molecule has 0 N–H and O–H groups in total. The van der Waals surface area contributed by atoms with E-state index in [1.165, 1.54) is 6.42 Å². The molecule has 2 heterocycles. The summed E-state index contributed by atoms with van der Waals surface area (Å²) in [6, 6.07) is 7.76. The maximum atomic E-state index is 13.7. The van der Waals surface area contributed by atoms with Crippen LogP contribution >= 0.6 is 0 Å². The van der Waals surface area contributed by atoms with Crippen LogP contribution in [0.3, 0.4) is 0 Å². The number of hydrogen-bond donors (Lipinski definition) is 0. The van der Waals surface area contributed by atoms with Gasteiger partial charge in [-0.2, -0.15) is 0 Å². The van der Waals surface area contributed by atoms with Crippen LogP contribution in [0.15, 0.2) is 35.6 Å². The SMILES string of the molecule is Cc1cccc(CS(=O)(=O)c2ncc(CN(C[C@H]3CCCO3)C(=O)C3CCCC3)n2C2CCCCC2)c1. The van der Waals surface area contributed by atoms with Crippen molar-refractivity contribution in [3.05, 3.63) is 47.3 Å². The van der Waals surface area contributed by atoms with E-state index >= 15 is 0 Å². The number of aromatic nitrogens is 2. The number of carbonyl (C=O) groups is 1. The first kappa shape index (κ1) is 26.4. The van der Waals surface area contributed by atoms with Crippen LogP contribution < -0.4 is 0 Å². The largest absolute Gasteiger partial charge is 0.376 e. The van der Waals surface area contributed by atoms with Crippen molar-refractivity contribution < 1.29 is 17.9 Å². The number of rotatable bonds is 9. The number of carbonyl (C=O) groups excluding carboxylic acids is 1. The molecule has 202 valence electrons. The van der Waals surface area contributed by atoms with Gasteiger partial charge in [-0.05, 0) is 51.0 Å². The molecule has 0 unspecified atom stereocenters. The molecule has 1 aromatic heterocycles. The molecule has 1 amide bonds. The highest BCUT2D eigenvalue weighted by Crippen LogP contribution is 2.34. The topological polar surface area (TPSA) is 81.5 Å². The van der Waals surface area contributed by atoms with Gasteiger partial charge in [0.25, 0.3) is 0 Å². The molecule has 2 saturated carbocycles. The number of amides is 1. The van der Waals surface area contributed by atoms with Crippen molar-refractivity contribution in [3.8, 4) is 0 Å². The third-order valence-corrected chi connectivity index (χ3v) is 9.89. The number of benzene rings is 1. The number of ether oxygens (including phenoxy) is 1. The summed E-state index contributed by atoms with van der Waals surface area (Å²) in [4.78, 5) is 20.1. The summed E-state index contributed by atoms with van der Waals surface area (Å²) in [5.41, 5.74) is 2.65. The Morgan fingerprint density at radius 2 is 1.81 bits per heavy atom. The number of hydrogen-bond acceptors (Lipinski definition) is 5. The van der Waals surface area contributed by atoms with Crippen LogP contribution in [0.1, 0.15) is 93.5 Å². The Kier molecular flexibility index (Phi) is 8.34. The molecule has 0 radical (unpaired) electrons. The molecule has 37 heavy (non-hydrogen) atoms. The number of imidazole rings is 1. The first-order valence-electron chi connectivity index (χ1n) is 14.2. The van der Waals surface area contributed by atoms with Crippen molar-refractivity contribution in [2.24, 2.45) is 5.92 Å². The van der Waals surface area contributed by atoms with Gasteiger partial charge in [-0.25, -0.2) is 13.4 Å². The second-order valence-electron chi connectivity index (χ2n) is 11.3. The molecule has 0 bridgehead atoms. The second kappa shape index (κ2) is 11.7. The number of aryl methyl sites for hydroxylation is 1. The lowest BCUT2D eigenvalue weighted by atomic mass is 9.95. The quantitative estimate of drug-likeness (QED) is 0.438. The van der Waals surface area contributed by atoms with Gasteiger partial charge in [0.05, 0.1) is 30.3 Å². The van der Waals surface area contributed by atoms with Gasteiger partial charge in [-0.15, -0.1) is 0 Å². The zero-order valence-electron chi connectivity index (χ0n) is 22.1. The van der Waals surface area contributed by atoms with Crippen LogP contribution in [0.2, 0.25) is 0 Å². The van der Waals surface area contributed by atoms with Crippen molar-refractivity contribution in [2.45, 2.75) is 107 Å². The predicted octanol–water partition coefficient (Wildman–Crippen LogP) is 5.37. The summed E-state index contributed by atoms with van der Waals surface area (Å²) in [5, 5.41) is 0.154. The van der Waals surface area contributed by atoms with Crippen molar-refractivity contribution >= 4 is 15.7 Å². The van der Waals surface area contributed by atoms with Crippen molar-refractivity contribution in [1.29, 1.82) is 0 Å². The Bertz CT molecular complexity index is 1170. The highest BCUT2D eigenvalue weighted by molar-refractivity contribution is 7.90. The van der Waals surface area contributed by atoms with Gasteiger partial charge in [-0.3, -0.25) is 4.79 Å². The molecule has 3 aliphatic rings. The molecule has 1 atom stereocenters. The molecule has 1 aromatic carbocycles. The van der Waals surface area contributed by atoms with Crippen molar-refractivity contribution in [3.63, 3.8) is 0 Å². The summed E-state index contributed by atoms with van der Waals surface area (Å²) >= 11 is 0. The monoisotopic (exact) mass is 527 g/mol. The van der Waals surface area contributed by atoms with E-state index in [0.717, 1.165) is 87.6 Å². The van der Waals surface area contributed by atoms with Gasteiger partial charge < -0.3 is 14.2 Å². The van der Waals surface area contributed by atoms with E-state index in [0.29, 0.717) is 13.1 Å². The van der Waals surface area contributed by atoms with E-state index in [2.05, 4.69) is 4.98 Å². The summed E-state index contributed by atoms with van der Waals surface area (Å²) in [6.07, 6.45) is 13.1. The van der Waals surface area contributed by atoms with Crippen LogP contribution in [-0.2, 0) is 31.7 Å². The minimum Gasteiger partial charge on any atom is -0.376 e. The smallest absolute Gasteiger partial charge is 0.228 e. The van der Waals surface area contributed by atoms with Gasteiger partial charge in [0.15, 0.2) is 0 Å². The molecule has 8 heteroatoms. The Morgan fingerprint density at radius 1 is 1.05 bits per heavy atom. The van der Waals surface area contributed by atoms with E-state index in [4.69, 9.17) is 4.74 Å². The zero-order valence-corrected chi connectivity index (χ0v) is 22.9. The highest BCUT2D eigenvalue weighted by atomic mass is 32.2. The standard InChI is InChI=1S/C29H41N3O4S/c1-22-9-7-10-23(17-22)21-37(34,35)29-30-18-26(32(29)25-13-3-2-4-14-25)19-31(20-27-15-8-16-36-27)28(33)24-11-5-6-12-24/h7,9-10,17-18,24-25,27H,2-6,8,11-16,19-21H2,1H3/t27-/m1/s1. The fourth-order valence-electron chi connectivity index (χ4n) is 6.43. The molecule has 2 aliphatic carbocycles. The molecule has 2 aromatic rings. The molecule has 1 saturated heterocycles. The maximum Gasteiger partial charge on any atom is 0.228 e. The lowest BCUT2D eigenvalue weighted by Gasteiger charge is -2.31. The fourth-order valence-corrected chi connectivity index (χ4v) is 7.96. The predicted molar refractivity (Wildman–Crippen MR) is 143 cm³/mol. The Balaban J connectivity index is 1.46. The van der Waals surface area contributed by atoms with E-state index in [1.807, 2.05) is 40.7 Å². The van der Waals surface area contributed by atoms with Gasteiger partial charge in [0, 0.05) is 25.1 Å².